The van der Waals surface area contributed by atoms with Crippen molar-refractivity contribution in [2.75, 3.05) is 33.3 Å². The number of amides is 2. The van der Waals surface area contributed by atoms with Crippen LogP contribution in [0.2, 0.25) is 5.02 Å². The van der Waals surface area contributed by atoms with Crippen molar-refractivity contribution in [2.45, 2.75) is 6.42 Å². The summed E-state index contributed by atoms with van der Waals surface area (Å²) in [6.45, 7) is 2.16. The van der Waals surface area contributed by atoms with Crippen LogP contribution in [-0.4, -0.2) is 59.9 Å². The predicted octanol–water partition coefficient (Wildman–Crippen LogP) is 2.20. The number of ether oxygens (including phenoxy) is 1. The van der Waals surface area contributed by atoms with Crippen molar-refractivity contribution in [1.82, 2.24) is 14.8 Å². The number of nitrogens with zero attached hydrogens (tertiary/aromatic N) is 2. The molecule has 132 valence electrons. The highest BCUT2D eigenvalue weighted by molar-refractivity contribution is 6.32. The molecule has 1 aliphatic rings. The molecule has 1 N–H and O–H groups in total. The highest BCUT2D eigenvalue weighted by atomic mass is 35.5. The van der Waals surface area contributed by atoms with Gasteiger partial charge in [0.25, 0.3) is 5.91 Å². The average Bonchev–Trinajstić information content (AvgIpc) is 3.16. The summed E-state index contributed by atoms with van der Waals surface area (Å²) in [5.41, 5.74) is 1.49. The Morgan fingerprint density at radius 2 is 1.88 bits per heavy atom. The summed E-state index contributed by atoms with van der Waals surface area (Å²) in [6.07, 6.45) is 3.70. The lowest BCUT2D eigenvalue weighted by Gasteiger charge is -2.34. The summed E-state index contributed by atoms with van der Waals surface area (Å²) in [4.78, 5) is 31.2. The molecule has 7 heteroatoms. The second-order valence-electron chi connectivity index (χ2n) is 5.92. The van der Waals surface area contributed by atoms with Gasteiger partial charge >= 0.3 is 0 Å². The molecule has 0 radical (unpaired) electrons. The van der Waals surface area contributed by atoms with E-state index in [1.54, 1.807) is 47.5 Å². The molecular formula is C18H20ClN3O3. The van der Waals surface area contributed by atoms with Crippen LogP contribution in [0.5, 0.6) is 5.75 Å². The van der Waals surface area contributed by atoms with Gasteiger partial charge in [0.1, 0.15) is 5.75 Å². The monoisotopic (exact) mass is 361 g/mol. The summed E-state index contributed by atoms with van der Waals surface area (Å²) >= 11 is 6.10. The number of aromatic amines is 1. The van der Waals surface area contributed by atoms with E-state index in [4.69, 9.17) is 16.3 Å². The summed E-state index contributed by atoms with van der Waals surface area (Å²) in [5, 5.41) is 0.495. The van der Waals surface area contributed by atoms with Crippen LogP contribution in [0.1, 0.15) is 15.9 Å². The Labute approximate surface area is 151 Å². The van der Waals surface area contributed by atoms with Crippen LogP contribution in [0.25, 0.3) is 0 Å². The standard InChI is InChI=1S/C18H20ClN3O3/c1-25-16-3-2-13(10-15(16)19)11-17(23)21-6-8-22(9-7-21)18(24)14-4-5-20-12-14/h2-5,10,12,20H,6-9,11H2,1H3. The van der Waals surface area contributed by atoms with Crippen molar-refractivity contribution in [2.24, 2.45) is 0 Å². The van der Waals surface area contributed by atoms with Gasteiger partial charge < -0.3 is 19.5 Å². The first-order chi connectivity index (χ1) is 12.1. The fraction of sp³-hybridized carbons (Fsp3) is 0.333. The van der Waals surface area contributed by atoms with Gasteiger partial charge in [0.05, 0.1) is 24.1 Å². The minimum atomic E-state index is -0.00437. The number of H-pyrrole nitrogens is 1. The van der Waals surface area contributed by atoms with Crippen LogP contribution < -0.4 is 4.74 Å². The first-order valence-corrected chi connectivity index (χ1v) is 8.48. The van der Waals surface area contributed by atoms with Gasteiger partial charge in [-0.2, -0.15) is 0 Å². The van der Waals surface area contributed by atoms with Gasteiger partial charge in [-0.05, 0) is 23.8 Å². The lowest BCUT2D eigenvalue weighted by Crippen LogP contribution is -2.50. The maximum atomic E-state index is 12.5. The smallest absolute Gasteiger partial charge is 0.255 e. The number of carbonyl (C=O) groups excluding carboxylic acids is 2. The van der Waals surface area contributed by atoms with Gasteiger partial charge in [0, 0.05) is 38.6 Å². The third-order valence-corrected chi connectivity index (χ3v) is 4.63. The van der Waals surface area contributed by atoms with E-state index in [0.717, 1.165) is 5.56 Å². The van der Waals surface area contributed by atoms with Crippen LogP contribution in [0.15, 0.2) is 36.7 Å². The Kier molecular flexibility index (Phi) is 5.28. The highest BCUT2D eigenvalue weighted by Gasteiger charge is 2.25. The predicted molar refractivity (Wildman–Crippen MR) is 95.0 cm³/mol. The van der Waals surface area contributed by atoms with Crippen molar-refractivity contribution in [1.29, 1.82) is 0 Å². The van der Waals surface area contributed by atoms with Crippen molar-refractivity contribution < 1.29 is 14.3 Å². The van der Waals surface area contributed by atoms with Crippen molar-refractivity contribution in [3.8, 4) is 5.75 Å². The van der Waals surface area contributed by atoms with E-state index in [-0.39, 0.29) is 18.2 Å². The normalized spacial score (nSPS) is 14.5. The number of rotatable bonds is 4. The maximum Gasteiger partial charge on any atom is 0.255 e. The van der Waals surface area contributed by atoms with E-state index in [0.29, 0.717) is 42.5 Å². The molecule has 0 unspecified atom stereocenters. The van der Waals surface area contributed by atoms with Gasteiger partial charge in [0.2, 0.25) is 5.91 Å². The summed E-state index contributed by atoms with van der Waals surface area (Å²) < 4.78 is 5.12. The molecule has 0 aliphatic carbocycles. The third kappa shape index (κ3) is 3.96. The van der Waals surface area contributed by atoms with E-state index in [1.807, 2.05) is 6.07 Å². The molecule has 0 bridgehead atoms. The molecule has 0 atom stereocenters. The Hall–Kier alpha value is -2.47. The van der Waals surface area contributed by atoms with Gasteiger partial charge in [-0.3, -0.25) is 9.59 Å². The fourth-order valence-electron chi connectivity index (χ4n) is 2.90. The van der Waals surface area contributed by atoms with Crippen LogP contribution in [0, 0.1) is 0 Å². The molecule has 2 amide bonds. The molecule has 0 saturated carbocycles. The first-order valence-electron chi connectivity index (χ1n) is 8.10. The Balaban J connectivity index is 1.55. The largest absolute Gasteiger partial charge is 0.495 e. The lowest BCUT2D eigenvalue weighted by atomic mass is 10.1. The van der Waals surface area contributed by atoms with E-state index < -0.39 is 0 Å². The summed E-state index contributed by atoms with van der Waals surface area (Å²) in [5.74, 6) is 0.625. The molecule has 25 heavy (non-hydrogen) atoms. The maximum absolute atomic E-state index is 12.5. The minimum absolute atomic E-state index is 0.00437. The SMILES string of the molecule is COc1ccc(CC(=O)N2CCN(C(=O)c3cc[nH]c3)CC2)cc1Cl. The number of aromatic nitrogens is 1. The molecular weight excluding hydrogens is 342 g/mol. The minimum Gasteiger partial charge on any atom is -0.495 e. The number of benzene rings is 1. The number of hydrogen-bond donors (Lipinski definition) is 1. The number of nitrogens with one attached hydrogen (secondary N) is 1. The van der Waals surface area contributed by atoms with Gasteiger partial charge in [-0.1, -0.05) is 17.7 Å². The zero-order valence-electron chi connectivity index (χ0n) is 14.0. The number of methoxy groups -OCH3 is 1. The van der Waals surface area contributed by atoms with Crippen LogP contribution >= 0.6 is 11.6 Å². The topological polar surface area (TPSA) is 65.6 Å². The van der Waals surface area contributed by atoms with E-state index >= 15 is 0 Å². The summed E-state index contributed by atoms with van der Waals surface area (Å²) in [6, 6.07) is 7.12. The molecule has 2 heterocycles. The molecule has 1 fully saturated rings. The van der Waals surface area contributed by atoms with Crippen molar-refractivity contribution >= 4 is 23.4 Å². The second kappa shape index (κ2) is 7.61. The van der Waals surface area contributed by atoms with Crippen LogP contribution in [0.4, 0.5) is 0 Å². The van der Waals surface area contributed by atoms with Crippen LogP contribution in [-0.2, 0) is 11.2 Å². The molecule has 3 rings (SSSR count). The zero-order chi connectivity index (χ0) is 17.8. The van der Waals surface area contributed by atoms with Crippen LogP contribution in [0.3, 0.4) is 0 Å². The van der Waals surface area contributed by atoms with Crippen molar-refractivity contribution in [3.05, 3.63) is 52.8 Å². The highest BCUT2D eigenvalue weighted by Crippen LogP contribution is 2.25. The zero-order valence-corrected chi connectivity index (χ0v) is 14.8. The first kappa shape index (κ1) is 17.4. The quantitative estimate of drug-likeness (QED) is 0.908. The Morgan fingerprint density at radius 1 is 1.16 bits per heavy atom. The molecule has 6 nitrogen and oxygen atoms in total. The van der Waals surface area contributed by atoms with E-state index in [1.165, 1.54) is 0 Å². The molecule has 1 aliphatic heterocycles. The van der Waals surface area contributed by atoms with E-state index in [9.17, 15) is 9.59 Å². The van der Waals surface area contributed by atoms with Gasteiger partial charge in [0.15, 0.2) is 0 Å². The van der Waals surface area contributed by atoms with Gasteiger partial charge in [-0.25, -0.2) is 0 Å². The number of carbonyl (C=O) groups is 2. The number of hydrogen-bond acceptors (Lipinski definition) is 3. The Morgan fingerprint density at radius 3 is 2.48 bits per heavy atom. The molecule has 1 aromatic heterocycles. The molecule has 1 aromatic carbocycles. The fourth-order valence-corrected chi connectivity index (χ4v) is 3.18. The molecule has 2 aromatic rings. The second-order valence-corrected chi connectivity index (χ2v) is 6.33. The number of piperazine rings is 1. The van der Waals surface area contributed by atoms with E-state index in [2.05, 4.69) is 4.98 Å². The summed E-state index contributed by atoms with van der Waals surface area (Å²) in [7, 11) is 1.56. The third-order valence-electron chi connectivity index (χ3n) is 4.34. The van der Waals surface area contributed by atoms with Gasteiger partial charge in [-0.15, -0.1) is 0 Å². The number of halogens is 1. The molecule has 0 spiro atoms. The van der Waals surface area contributed by atoms with Crippen molar-refractivity contribution in [3.63, 3.8) is 0 Å². The lowest BCUT2D eigenvalue weighted by molar-refractivity contribution is -0.131. The average molecular weight is 362 g/mol. The molecule has 1 saturated heterocycles. The Bertz CT molecular complexity index is 753.